The second kappa shape index (κ2) is 9.09. The molecule has 1 saturated heterocycles. The van der Waals surface area contributed by atoms with Crippen molar-refractivity contribution in [2.24, 2.45) is 0 Å². The zero-order chi connectivity index (χ0) is 20.1. The Morgan fingerprint density at radius 3 is 2.66 bits per heavy atom. The monoisotopic (exact) mass is 405 g/mol. The summed E-state index contributed by atoms with van der Waals surface area (Å²) in [7, 11) is 0. The van der Waals surface area contributed by atoms with E-state index in [1.807, 2.05) is 36.5 Å². The lowest BCUT2D eigenvalue weighted by Gasteiger charge is -2.28. The van der Waals surface area contributed by atoms with E-state index in [0.717, 1.165) is 42.5 Å². The van der Waals surface area contributed by atoms with Crippen LogP contribution in [0.1, 0.15) is 36.8 Å². The van der Waals surface area contributed by atoms with Crippen molar-refractivity contribution in [2.45, 2.75) is 32.0 Å². The fourth-order valence-electron chi connectivity index (χ4n) is 3.99. The Kier molecular flexibility index (Phi) is 6.10. The van der Waals surface area contributed by atoms with Crippen LogP contribution in [0.3, 0.4) is 0 Å². The zero-order valence-corrected chi connectivity index (χ0v) is 17.5. The lowest BCUT2D eigenvalue weighted by Crippen LogP contribution is -2.32. The molecule has 0 aliphatic carbocycles. The van der Waals surface area contributed by atoms with E-state index in [9.17, 15) is 0 Å². The molecule has 150 valence electrons. The van der Waals surface area contributed by atoms with Crippen LogP contribution in [-0.2, 0) is 6.54 Å². The van der Waals surface area contributed by atoms with Gasteiger partial charge in [-0.1, -0.05) is 24.3 Å². The van der Waals surface area contributed by atoms with Crippen molar-refractivity contribution in [3.63, 3.8) is 0 Å². The minimum Gasteiger partial charge on any atom is -0.385 e. The maximum absolute atomic E-state index is 5.75. The van der Waals surface area contributed by atoms with E-state index in [4.69, 9.17) is 12.2 Å². The summed E-state index contributed by atoms with van der Waals surface area (Å²) < 4.78 is 2.30. The SMILES string of the molecule is CCn1cccc1C1C(c2ccccn2)NC(=S)N1CCCNc1ccccc1. The highest BCUT2D eigenvalue weighted by atomic mass is 32.1. The number of nitrogens with zero attached hydrogens (tertiary/aromatic N) is 3. The van der Waals surface area contributed by atoms with Crippen molar-refractivity contribution in [1.82, 2.24) is 19.8 Å². The van der Waals surface area contributed by atoms with Gasteiger partial charge in [-0.25, -0.2) is 0 Å². The Hall–Kier alpha value is -2.86. The van der Waals surface area contributed by atoms with E-state index < -0.39 is 0 Å². The van der Waals surface area contributed by atoms with Crippen molar-refractivity contribution >= 4 is 23.0 Å². The van der Waals surface area contributed by atoms with Gasteiger partial charge in [0.05, 0.1) is 17.8 Å². The second-order valence-corrected chi connectivity index (χ2v) is 7.57. The molecule has 2 N–H and O–H groups in total. The van der Waals surface area contributed by atoms with Gasteiger partial charge < -0.3 is 20.1 Å². The Morgan fingerprint density at radius 2 is 1.90 bits per heavy atom. The number of hydrogen-bond acceptors (Lipinski definition) is 3. The zero-order valence-electron chi connectivity index (χ0n) is 16.7. The van der Waals surface area contributed by atoms with Crippen molar-refractivity contribution in [1.29, 1.82) is 0 Å². The summed E-state index contributed by atoms with van der Waals surface area (Å²) in [4.78, 5) is 6.93. The molecule has 1 fully saturated rings. The third-order valence-electron chi connectivity index (χ3n) is 5.38. The molecule has 0 bridgehead atoms. The average Bonchev–Trinajstić information content (AvgIpc) is 3.36. The maximum atomic E-state index is 5.75. The minimum atomic E-state index is 0.0472. The van der Waals surface area contributed by atoms with Gasteiger partial charge in [-0.15, -0.1) is 0 Å². The second-order valence-electron chi connectivity index (χ2n) is 7.19. The van der Waals surface area contributed by atoms with Crippen molar-refractivity contribution in [2.75, 3.05) is 18.4 Å². The molecular weight excluding hydrogens is 378 g/mol. The van der Waals surface area contributed by atoms with Gasteiger partial charge in [0.15, 0.2) is 5.11 Å². The molecule has 29 heavy (non-hydrogen) atoms. The first-order valence-corrected chi connectivity index (χ1v) is 10.6. The van der Waals surface area contributed by atoms with E-state index in [1.165, 1.54) is 5.69 Å². The number of aromatic nitrogens is 2. The van der Waals surface area contributed by atoms with Gasteiger partial charge in [-0.3, -0.25) is 4.98 Å². The molecule has 0 radical (unpaired) electrons. The number of hydrogen-bond donors (Lipinski definition) is 2. The number of rotatable bonds is 8. The molecule has 0 saturated carbocycles. The fraction of sp³-hybridized carbons (Fsp3) is 0.304. The number of thiocarbonyl (C=S) groups is 1. The summed E-state index contributed by atoms with van der Waals surface area (Å²) >= 11 is 5.75. The van der Waals surface area contributed by atoms with E-state index in [0.29, 0.717) is 0 Å². The standard InChI is InChI=1S/C23H27N5S/c1-2-27-16-8-13-20(27)22-21(19-12-6-7-14-25-19)26-23(29)28(22)17-9-15-24-18-10-4-3-5-11-18/h3-8,10-14,16,21-22,24H,2,9,15,17H2,1H3,(H,26,29). The molecule has 2 aromatic heterocycles. The topological polar surface area (TPSA) is 45.1 Å². The largest absolute Gasteiger partial charge is 0.385 e. The summed E-state index contributed by atoms with van der Waals surface area (Å²) in [6, 6.07) is 20.9. The van der Waals surface area contributed by atoms with Crippen LogP contribution in [0.4, 0.5) is 5.69 Å². The van der Waals surface area contributed by atoms with Crippen LogP contribution in [0.15, 0.2) is 73.1 Å². The van der Waals surface area contributed by atoms with E-state index >= 15 is 0 Å². The van der Waals surface area contributed by atoms with Gasteiger partial charge in [0.1, 0.15) is 0 Å². The third-order valence-corrected chi connectivity index (χ3v) is 5.74. The van der Waals surface area contributed by atoms with Gasteiger partial charge in [0, 0.05) is 43.4 Å². The summed E-state index contributed by atoms with van der Waals surface area (Å²) in [5.74, 6) is 0. The molecule has 1 aliphatic rings. The van der Waals surface area contributed by atoms with E-state index in [-0.39, 0.29) is 12.1 Å². The number of benzene rings is 1. The molecule has 2 unspecified atom stereocenters. The Bertz CT molecular complexity index is 925. The number of para-hydroxylation sites is 1. The number of pyridine rings is 1. The Labute approximate surface area is 177 Å². The highest BCUT2D eigenvalue weighted by Crippen LogP contribution is 2.38. The van der Waals surface area contributed by atoms with Gasteiger partial charge >= 0.3 is 0 Å². The fourth-order valence-corrected chi connectivity index (χ4v) is 4.32. The smallest absolute Gasteiger partial charge is 0.170 e. The van der Waals surface area contributed by atoms with Gasteiger partial charge in [0.2, 0.25) is 0 Å². The van der Waals surface area contributed by atoms with Crippen LogP contribution in [0, 0.1) is 0 Å². The first-order chi connectivity index (χ1) is 14.3. The Balaban J connectivity index is 1.52. The van der Waals surface area contributed by atoms with Crippen LogP contribution in [0.5, 0.6) is 0 Å². The van der Waals surface area contributed by atoms with Crippen LogP contribution < -0.4 is 10.6 Å². The summed E-state index contributed by atoms with van der Waals surface area (Å²) in [5, 5.41) is 7.82. The Morgan fingerprint density at radius 1 is 1.07 bits per heavy atom. The number of anilines is 1. The molecule has 3 aromatic rings. The normalized spacial score (nSPS) is 18.7. The predicted molar refractivity (Wildman–Crippen MR) is 122 cm³/mol. The first-order valence-electron chi connectivity index (χ1n) is 10.2. The first kappa shape index (κ1) is 19.5. The lowest BCUT2D eigenvalue weighted by molar-refractivity contribution is 0.302. The molecule has 1 aromatic carbocycles. The quantitative estimate of drug-likeness (QED) is 0.430. The molecule has 5 nitrogen and oxygen atoms in total. The number of nitrogens with one attached hydrogen (secondary N) is 2. The van der Waals surface area contributed by atoms with Crippen LogP contribution in [0.2, 0.25) is 0 Å². The molecule has 4 rings (SSSR count). The van der Waals surface area contributed by atoms with Crippen LogP contribution in [-0.4, -0.2) is 32.7 Å². The molecule has 0 amide bonds. The average molecular weight is 406 g/mol. The van der Waals surface area contributed by atoms with E-state index in [2.05, 4.69) is 68.5 Å². The molecule has 3 heterocycles. The van der Waals surface area contributed by atoms with Crippen molar-refractivity contribution in [3.05, 3.63) is 84.4 Å². The summed E-state index contributed by atoms with van der Waals surface area (Å²) in [6.07, 6.45) is 4.98. The molecule has 1 aliphatic heterocycles. The van der Waals surface area contributed by atoms with Crippen LogP contribution >= 0.6 is 12.2 Å². The van der Waals surface area contributed by atoms with Crippen molar-refractivity contribution < 1.29 is 0 Å². The highest BCUT2D eigenvalue weighted by molar-refractivity contribution is 7.80. The third kappa shape index (κ3) is 4.27. The van der Waals surface area contributed by atoms with Gasteiger partial charge in [-0.05, 0) is 62.0 Å². The lowest BCUT2D eigenvalue weighted by atomic mass is 10.0. The van der Waals surface area contributed by atoms with Crippen molar-refractivity contribution in [3.8, 4) is 0 Å². The summed E-state index contributed by atoms with van der Waals surface area (Å²) in [6.45, 7) is 4.89. The predicted octanol–water partition coefficient (Wildman–Crippen LogP) is 4.38. The van der Waals surface area contributed by atoms with Gasteiger partial charge in [0.25, 0.3) is 0 Å². The molecule has 0 spiro atoms. The minimum absolute atomic E-state index is 0.0472. The molecule has 2 atom stereocenters. The molecule has 6 heteroatoms. The van der Waals surface area contributed by atoms with Crippen LogP contribution in [0.25, 0.3) is 0 Å². The highest BCUT2D eigenvalue weighted by Gasteiger charge is 2.40. The van der Waals surface area contributed by atoms with Gasteiger partial charge in [-0.2, -0.15) is 0 Å². The molecular formula is C23H27N5S. The number of aryl methyl sites for hydroxylation is 1. The maximum Gasteiger partial charge on any atom is 0.170 e. The summed E-state index contributed by atoms with van der Waals surface area (Å²) in [5.41, 5.74) is 3.44. The van der Waals surface area contributed by atoms with E-state index in [1.54, 1.807) is 0 Å².